The van der Waals surface area contributed by atoms with Gasteiger partial charge in [-0.05, 0) is 63.7 Å². The molecule has 19 nitrogen and oxygen atoms in total. The third-order valence-corrected chi connectivity index (χ3v) is 12.8. The van der Waals surface area contributed by atoms with E-state index in [1.807, 2.05) is 34.6 Å². The molecule has 19 heteroatoms. The summed E-state index contributed by atoms with van der Waals surface area (Å²) in [5.41, 5.74) is 5.35. The van der Waals surface area contributed by atoms with Crippen molar-refractivity contribution in [3.05, 3.63) is 0 Å². The van der Waals surface area contributed by atoms with Gasteiger partial charge in [0.05, 0.1) is 42.7 Å². The van der Waals surface area contributed by atoms with Crippen molar-refractivity contribution < 1.29 is 63.0 Å². The van der Waals surface area contributed by atoms with Gasteiger partial charge in [-0.2, -0.15) is 0 Å². The molecule has 5 amide bonds. The first-order valence-corrected chi connectivity index (χ1v) is 24.7. The molecule has 68 heavy (non-hydrogen) atoms. The minimum absolute atomic E-state index is 0.0266. The number of hydrogen-bond donors (Lipinski definition) is 7. The van der Waals surface area contributed by atoms with E-state index in [0.717, 1.165) is 12.8 Å². The third kappa shape index (κ3) is 21.2. The Labute approximate surface area is 401 Å². The molecule has 0 aromatic heterocycles. The number of primary amides is 1. The maximum absolute atomic E-state index is 13.7. The molecular weight excluding hydrogens is 881 g/mol. The number of aliphatic hydroxyl groups excluding tert-OH is 1. The normalized spacial score (nSPS) is 19.6. The highest BCUT2D eigenvalue weighted by molar-refractivity contribution is 5.97. The number of nitrogens with one attached hydrogen (secondary N) is 4. The Morgan fingerprint density at radius 3 is 1.94 bits per heavy atom. The summed E-state index contributed by atoms with van der Waals surface area (Å²) in [7, 11) is 0. The van der Waals surface area contributed by atoms with Crippen LogP contribution in [-0.4, -0.2) is 129 Å². The second-order valence-electron chi connectivity index (χ2n) is 19.9. The van der Waals surface area contributed by atoms with Gasteiger partial charge >= 0.3 is 5.97 Å². The number of nitrogens with zero attached hydrogens (tertiary/aromatic N) is 1. The zero-order chi connectivity index (χ0) is 51.2. The predicted octanol–water partition coefficient (Wildman–Crippen LogP) is 2.50. The number of aliphatic hydroxyl groups is 1. The van der Waals surface area contributed by atoms with Crippen LogP contribution in [0, 0.1) is 35.5 Å². The molecule has 384 valence electrons. The summed E-state index contributed by atoms with van der Waals surface area (Å²) in [6.45, 7) is 12.6. The molecule has 0 saturated carbocycles. The second kappa shape index (κ2) is 29.9. The van der Waals surface area contributed by atoms with Crippen molar-refractivity contribution in [2.24, 2.45) is 41.2 Å². The number of carboxylic acid groups (broad SMARTS) is 1. The summed E-state index contributed by atoms with van der Waals surface area (Å²) >= 11 is 0. The predicted molar refractivity (Wildman–Crippen MR) is 251 cm³/mol. The van der Waals surface area contributed by atoms with E-state index in [2.05, 4.69) is 21.3 Å². The number of hydrogen-bond acceptors (Lipinski definition) is 13. The number of nitrogens with two attached hydrogens (primary N) is 1. The number of amides is 5. The molecule has 0 bridgehead atoms. The summed E-state index contributed by atoms with van der Waals surface area (Å²) in [4.78, 5) is 145. The third-order valence-electron chi connectivity index (χ3n) is 12.8. The molecule has 9 atom stereocenters. The monoisotopic (exact) mass is 961 g/mol. The minimum Gasteiger partial charge on any atom is -0.481 e. The van der Waals surface area contributed by atoms with Crippen molar-refractivity contribution in [3.8, 4) is 0 Å². The number of Topliss-reactive ketones (excluding diaryl/α,β-unsaturated/α-hetero) is 5. The van der Waals surface area contributed by atoms with Crippen molar-refractivity contribution in [2.75, 3.05) is 19.6 Å². The van der Waals surface area contributed by atoms with Crippen LogP contribution < -0.4 is 27.0 Å². The van der Waals surface area contributed by atoms with E-state index in [1.165, 1.54) is 18.7 Å². The van der Waals surface area contributed by atoms with Crippen molar-refractivity contribution in [3.63, 3.8) is 0 Å². The van der Waals surface area contributed by atoms with E-state index in [9.17, 15) is 63.0 Å². The largest absolute Gasteiger partial charge is 0.481 e. The molecule has 0 unspecified atom stereocenters. The lowest BCUT2D eigenvalue weighted by Crippen LogP contribution is -2.46. The number of carboxylic acids is 1. The Morgan fingerprint density at radius 2 is 1.37 bits per heavy atom. The van der Waals surface area contributed by atoms with Crippen LogP contribution in [0.1, 0.15) is 158 Å². The van der Waals surface area contributed by atoms with Crippen LogP contribution >= 0.6 is 0 Å². The Morgan fingerprint density at radius 1 is 0.721 bits per heavy atom. The summed E-state index contributed by atoms with van der Waals surface area (Å²) < 4.78 is 0. The van der Waals surface area contributed by atoms with E-state index >= 15 is 0 Å². The van der Waals surface area contributed by atoms with Crippen molar-refractivity contribution in [1.82, 2.24) is 26.2 Å². The van der Waals surface area contributed by atoms with Gasteiger partial charge in [-0.1, -0.05) is 60.8 Å². The second-order valence-corrected chi connectivity index (χ2v) is 19.9. The summed E-state index contributed by atoms with van der Waals surface area (Å²) in [6.07, 6.45) is 2.25. The molecule has 0 spiro atoms. The van der Waals surface area contributed by atoms with E-state index in [4.69, 9.17) is 5.73 Å². The van der Waals surface area contributed by atoms with Crippen molar-refractivity contribution in [1.29, 1.82) is 0 Å². The van der Waals surface area contributed by atoms with E-state index in [-0.39, 0.29) is 101 Å². The molecule has 2 fully saturated rings. The van der Waals surface area contributed by atoms with E-state index in [0.29, 0.717) is 32.2 Å². The Bertz CT molecular complexity index is 1790. The average molecular weight is 961 g/mol. The molecule has 0 aromatic rings. The lowest BCUT2D eigenvalue weighted by Gasteiger charge is -2.25. The highest BCUT2D eigenvalue weighted by Crippen LogP contribution is 2.25. The Kier molecular flexibility index (Phi) is 26.0. The van der Waals surface area contributed by atoms with Crippen molar-refractivity contribution >= 4 is 64.4 Å². The van der Waals surface area contributed by atoms with Crippen LogP contribution in [0.3, 0.4) is 0 Å². The molecule has 2 rings (SSSR count). The number of carbonyl (C=O) groups is 11. The molecule has 0 radical (unpaired) electrons. The van der Waals surface area contributed by atoms with Crippen LogP contribution in [0.5, 0.6) is 0 Å². The number of rotatable bonds is 34. The lowest BCUT2D eigenvalue weighted by atomic mass is 9.88. The highest BCUT2D eigenvalue weighted by atomic mass is 16.4. The first-order chi connectivity index (χ1) is 31.9. The minimum atomic E-state index is -1.19. The van der Waals surface area contributed by atoms with Gasteiger partial charge in [0.25, 0.3) is 0 Å². The van der Waals surface area contributed by atoms with Gasteiger partial charge in [0.1, 0.15) is 0 Å². The molecular formula is C49H80N6O13. The van der Waals surface area contributed by atoms with Gasteiger partial charge in [0, 0.05) is 75.8 Å². The number of carbonyl (C=O) groups excluding carboxylic acids is 10. The standard InChI is InChI=1S/C49H80N6O13/c1-8-9-10-12-32(49(67)68)23-43(61)39-13-11-18-55(39)45(63)17-15-40(58)31(7)53-48(66)33(19-28(2)3)22-35(56)27-52-47(65)34(20-29(4)5)24-42(60)37(14-16-44(50)62)54-46(64)30(6)21-41(59)38-25-36(57)26-51-38/h28-34,36-39,51,57H,8-27H2,1-7H3,(H2,50,62)(H,52,65)(H,53,66)(H,54,64)(H,67,68)/t30-,31+,32-,33-,34-,36+,37+,38-,39+/m1/s1. The zero-order valence-corrected chi connectivity index (χ0v) is 41.4. The van der Waals surface area contributed by atoms with Gasteiger partial charge < -0.3 is 42.1 Å². The topological polar surface area (TPSA) is 306 Å². The first-order valence-electron chi connectivity index (χ1n) is 24.7. The first kappa shape index (κ1) is 59.2. The van der Waals surface area contributed by atoms with Crippen LogP contribution in [0.25, 0.3) is 0 Å². The number of unbranched alkanes of at least 4 members (excludes halogenated alkanes) is 2. The van der Waals surface area contributed by atoms with Crippen LogP contribution in [-0.2, 0) is 52.7 Å². The summed E-state index contributed by atoms with van der Waals surface area (Å²) in [5, 5.41) is 30.2. The SMILES string of the molecule is CCCCC[C@H](CC(=O)[C@@H]1CCCN1C(=O)CCC(=O)[C@H](C)NC(=O)[C@@H](CC(=O)CNC(=O)[C@@H](CC(=O)[C@H](CCC(N)=O)NC(=O)[C@H](C)CC(=O)[C@H]1C[C@H](O)CN1)CC(C)C)CC(C)C)C(=O)O. The summed E-state index contributed by atoms with van der Waals surface area (Å²) in [5.74, 6) is -9.43. The summed E-state index contributed by atoms with van der Waals surface area (Å²) in [6, 6.07) is -3.53. The fourth-order valence-corrected chi connectivity index (χ4v) is 8.91. The van der Waals surface area contributed by atoms with Gasteiger partial charge in [0.15, 0.2) is 28.9 Å². The smallest absolute Gasteiger partial charge is 0.306 e. The maximum atomic E-state index is 13.7. The molecule has 2 heterocycles. The number of ketones is 5. The zero-order valence-electron chi connectivity index (χ0n) is 41.4. The van der Waals surface area contributed by atoms with Crippen molar-refractivity contribution in [2.45, 2.75) is 188 Å². The lowest BCUT2D eigenvalue weighted by molar-refractivity contribution is -0.145. The average Bonchev–Trinajstić information content (AvgIpc) is 3.94. The molecule has 2 aliphatic heterocycles. The molecule has 0 aromatic carbocycles. The van der Waals surface area contributed by atoms with Gasteiger partial charge in [-0.15, -0.1) is 0 Å². The fraction of sp³-hybridized carbons (Fsp3) is 0.776. The van der Waals surface area contributed by atoms with Crippen LogP contribution in [0.2, 0.25) is 0 Å². The maximum Gasteiger partial charge on any atom is 0.306 e. The number of likely N-dealkylation sites (tertiary alicyclic amines) is 1. The van der Waals surface area contributed by atoms with E-state index < -0.39 is 113 Å². The molecule has 2 aliphatic rings. The highest BCUT2D eigenvalue weighted by Gasteiger charge is 2.37. The van der Waals surface area contributed by atoms with Crippen LogP contribution in [0.15, 0.2) is 0 Å². The molecule has 8 N–H and O–H groups in total. The van der Waals surface area contributed by atoms with Gasteiger partial charge in [-0.25, -0.2) is 0 Å². The quantitative estimate of drug-likeness (QED) is 0.0456. The number of β-amino-alcohol motifs (C(OH)–C–C–N with tert-alkyl or cyclic N) is 1. The van der Waals surface area contributed by atoms with Gasteiger partial charge in [-0.3, -0.25) is 52.7 Å². The molecule has 0 aliphatic carbocycles. The Hall–Kier alpha value is -4.91. The Balaban J connectivity index is 2.00. The number of aliphatic carboxylic acids is 1. The van der Waals surface area contributed by atoms with Crippen LogP contribution in [0.4, 0.5) is 0 Å². The van der Waals surface area contributed by atoms with Gasteiger partial charge in [0.2, 0.25) is 29.5 Å². The fourth-order valence-electron chi connectivity index (χ4n) is 8.91. The van der Waals surface area contributed by atoms with E-state index in [1.54, 1.807) is 0 Å². The molecule has 2 saturated heterocycles.